The van der Waals surface area contributed by atoms with Crippen LogP contribution in [0.15, 0.2) is 30.3 Å². The van der Waals surface area contributed by atoms with E-state index in [2.05, 4.69) is 21.8 Å². The predicted octanol–water partition coefficient (Wildman–Crippen LogP) is -0.00790. The third-order valence-electron chi connectivity index (χ3n) is 1.79. The molecule has 15 nitrogen and oxygen atoms in total. The molecule has 1 aromatic rings. The molecule has 0 heterocycles. The highest BCUT2D eigenvalue weighted by Crippen LogP contribution is 2.81. The Bertz CT molecular complexity index is 565. The largest absolute Gasteiger partial charge is 0.669 e. The first-order valence-electron chi connectivity index (χ1n) is 5.76. The number of hydrogen-bond acceptors (Lipinski definition) is 15. The molecule has 0 bridgehead atoms. The zero-order valence-electron chi connectivity index (χ0n) is 12.1. The van der Waals surface area contributed by atoms with Crippen LogP contribution in [0.3, 0.4) is 0 Å². The summed E-state index contributed by atoms with van der Waals surface area (Å²) < 4.78 is 19.8. The van der Waals surface area contributed by atoms with Crippen LogP contribution in [0.5, 0.6) is 5.75 Å². The van der Waals surface area contributed by atoms with Crippen molar-refractivity contribution < 1.29 is 70.7 Å². The lowest BCUT2D eigenvalue weighted by Gasteiger charge is -2.12. The fourth-order valence-corrected chi connectivity index (χ4v) is 6.97. The average Bonchev–Trinajstić information content (AvgIpc) is 2.32. The molecule has 0 amide bonds. The Kier molecular flexibility index (Phi) is 8.92. The van der Waals surface area contributed by atoms with Crippen LogP contribution in [0.2, 0.25) is 0 Å². The lowest BCUT2D eigenvalue weighted by Crippen LogP contribution is -2.11. The summed E-state index contributed by atoms with van der Waals surface area (Å²) in [6.45, 7) is 0. The predicted molar refractivity (Wildman–Crippen MR) is 88.2 cm³/mol. The number of rotatable bonds is 10. The van der Waals surface area contributed by atoms with Crippen molar-refractivity contribution in [3.05, 3.63) is 30.3 Å². The molecule has 0 aliphatic heterocycles. The second kappa shape index (κ2) is 9.41. The van der Waals surface area contributed by atoms with E-state index in [4.69, 9.17) is 19.6 Å². The van der Waals surface area contributed by atoms with Gasteiger partial charge >= 0.3 is 41.3 Å². The summed E-state index contributed by atoms with van der Waals surface area (Å²) >= 11 is 0. The number of para-hydroxylation sites is 1. The smallest absolute Gasteiger partial charge is 0.326 e. The molecule has 1 rings (SSSR count). The summed E-state index contributed by atoms with van der Waals surface area (Å²) in [6.07, 6.45) is 0. The van der Waals surface area contributed by atoms with E-state index in [-0.39, 0.29) is 5.75 Å². The van der Waals surface area contributed by atoms with Crippen molar-refractivity contribution in [2.45, 2.75) is 0 Å². The van der Waals surface area contributed by atoms with Gasteiger partial charge in [-0.25, -0.2) is 0 Å². The van der Waals surface area contributed by atoms with Crippen LogP contribution in [0, 0.1) is 0 Å². The van der Waals surface area contributed by atoms with Crippen molar-refractivity contribution in [1.29, 1.82) is 0 Å². The zero-order chi connectivity index (χ0) is 20.2. The van der Waals surface area contributed by atoms with Crippen LogP contribution in [0.25, 0.3) is 0 Å². The summed E-state index contributed by atoms with van der Waals surface area (Å²) in [5.41, 5.74) is 0. The Morgan fingerprint density at radius 2 is 1.04 bits per heavy atom. The first kappa shape index (κ1) is 24.6. The van der Waals surface area contributed by atoms with E-state index in [0.717, 1.165) is 0 Å². The quantitative estimate of drug-likeness (QED) is 0.197. The first-order chi connectivity index (χ1) is 11.6. The third kappa shape index (κ3) is 10.2. The topological polar surface area (TPSA) is 248 Å². The molecular weight excluding hydrogens is 467 g/mol. The van der Waals surface area contributed by atoms with Crippen molar-refractivity contribution in [3.63, 3.8) is 0 Å². The summed E-state index contributed by atoms with van der Waals surface area (Å²) in [6, 6.07) is 6.91. The van der Waals surface area contributed by atoms with Gasteiger partial charge in [0.1, 0.15) is 8.62 Å². The molecular formula is C6H15O15P5+4. The first-order valence-corrected chi connectivity index (χ1v) is 13.0. The van der Waals surface area contributed by atoms with Gasteiger partial charge in [-0.2, -0.15) is 39.1 Å². The molecule has 0 fully saturated rings. The molecule has 0 aromatic heterocycles. The minimum absolute atomic E-state index is 0.167. The molecule has 20 heteroatoms. The Morgan fingerprint density at radius 3 is 1.50 bits per heavy atom. The van der Waals surface area contributed by atoms with E-state index in [0.29, 0.717) is 0 Å². The van der Waals surface area contributed by atoms with E-state index in [1.165, 1.54) is 24.3 Å². The minimum Gasteiger partial charge on any atom is -0.326 e. The van der Waals surface area contributed by atoms with Crippen molar-refractivity contribution in [2.75, 3.05) is 0 Å². The number of hydrogen-bond donors (Lipinski definition) is 10. The molecule has 0 aliphatic carbocycles. The number of benzene rings is 1. The van der Waals surface area contributed by atoms with Gasteiger partial charge in [-0.05, 0) is 12.1 Å². The molecule has 10 N–H and O–H groups in total. The summed E-state index contributed by atoms with van der Waals surface area (Å²) in [7, 11) is -24.7. The standard InChI is InChI=1S/C6H15O15P5/c7-22(8)18-24(11,12)20-26(15,16)21-25(13,14)19-23(9,10)17-6-4-2-1-3-5-6/h1-5,7-16H/q+4. The van der Waals surface area contributed by atoms with Gasteiger partial charge < -0.3 is 9.79 Å². The molecule has 26 heavy (non-hydrogen) atoms. The highest BCUT2D eigenvalue weighted by atomic mass is 31.3. The molecule has 150 valence electrons. The molecule has 0 saturated carbocycles. The van der Waals surface area contributed by atoms with Crippen LogP contribution < -0.4 is 4.52 Å². The lowest BCUT2D eigenvalue weighted by atomic mass is 10.3. The Hall–Kier alpha value is 0.610. The highest BCUT2D eigenvalue weighted by molar-refractivity contribution is 7.77. The summed E-state index contributed by atoms with van der Waals surface area (Å²) in [5, 5.41) is 0. The minimum atomic E-state index is -5.53. The van der Waals surface area contributed by atoms with Gasteiger partial charge in [0.2, 0.25) is 0 Å². The second-order valence-electron chi connectivity index (χ2n) is 3.95. The maximum atomic E-state index is 9.53. The fourth-order valence-electron chi connectivity index (χ4n) is 1.19. The normalized spacial score (nSPS) is 14.0. The third-order valence-corrected chi connectivity index (χ3v) is 8.77. The maximum absolute atomic E-state index is 9.53. The Balaban J connectivity index is 2.73. The van der Waals surface area contributed by atoms with Gasteiger partial charge in [0, 0.05) is 0 Å². The van der Waals surface area contributed by atoms with Crippen LogP contribution >= 0.6 is 41.3 Å². The fraction of sp³-hybridized carbons (Fsp3) is 0. The van der Waals surface area contributed by atoms with Crippen LogP contribution in [0.1, 0.15) is 0 Å². The Morgan fingerprint density at radius 1 is 0.615 bits per heavy atom. The molecule has 0 saturated heterocycles. The van der Waals surface area contributed by atoms with E-state index < -0.39 is 41.3 Å². The molecule has 1 aromatic carbocycles. The van der Waals surface area contributed by atoms with Crippen molar-refractivity contribution in [2.24, 2.45) is 0 Å². The van der Waals surface area contributed by atoms with Crippen molar-refractivity contribution in [3.8, 4) is 5.75 Å². The summed E-state index contributed by atoms with van der Waals surface area (Å²) in [5.74, 6) is -0.167. The van der Waals surface area contributed by atoms with Crippen molar-refractivity contribution >= 4 is 41.3 Å². The van der Waals surface area contributed by atoms with E-state index in [1.807, 2.05) is 0 Å². The van der Waals surface area contributed by atoms with Gasteiger partial charge in [0.25, 0.3) is 0 Å². The zero-order valence-corrected chi connectivity index (χ0v) is 16.6. The summed E-state index contributed by atoms with van der Waals surface area (Å²) in [4.78, 5) is 91.6. The van der Waals surface area contributed by atoms with Crippen molar-refractivity contribution in [1.82, 2.24) is 0 Å². The van der Waals surface area contributed by atoms with Crippen LogP contribution in [-0.2, 0) is 17.2 Å². The van der Waals surface area contributed by atoms with Gasteiger partial charge in [0.15, 0.2) is 5.75 Å². The molecule has 0 aliphatic rings. The van der Waals surface area contributed by atoms with E-state index >= 15 is 0 Å². The van der Waals surface area contributed by atoms with Crippen LogP contribution in [0.4, 0.5) is 0 Å². The maximum Gasteiger partial charge on any atom is 0.669 e. The Labute approximate surface area is 148 Å². The van der Waals surface area contributed by atoms with E-state index in [9.17, 15) is 29.4 Å². The van der Waals surface area contributed by atoms with Gasteiger partial charge in [-0.3, -0.25) is 4.52 Å². The van der Waals surface area contributed by atoms with E-state index in [1.54, 1.807) is 6.07 Å². The lowest BCUT2D eigenvalue weighted by molar-refractivity contribution is 0.139. The molecule has 0 spiro atoms. The van der Waals surface area contributed by atoms with Gasteiger partial charge in [-0.1, -0.05) is 22.5 Å². The molecule has 0 unspecified atom stereocenters. The monoisotopic (exact) mass is 482 g/mol. The second-order valence-corrected chi connectivity index (χ2v) is 11.2. The van der Waals surface area contributed by atoms with Crippen LogP contribution in [-0.4, -0.2) is 48.9 Å². The van der Waals surface area contributed by atoms with Gasteiger partial charge in [-0.15, -0.1) is 0 Å². The molecule has 0 atom stereocenters. The van der Waals surface area contributed by atoms with Gasteiger partial charge in [0.05, 0.1) is 4.31 Å². The average molecular weight is 482 g/mol. The molecule has 0 radical (unpaired) electrons. The highest BCUT2D eigenvalue weighted by Gasteiger charge is 2.75. The SMILES string of the molecule is OP(O)O[P+](O)(O)O[P+](O)(O)O[P+](O)(O)O[P+](O)(O)Oc1ccccc1.